The summed E-state index contributed by atoms with van der Waals surface area (Å²) in [6.07, 6.45) is 1.28. The molecule has 1 aliphatic carbocycles. The number of halogens is 1. The van der Waals surface area contributed by atoms with Crippen molar-refractivity contribution >= 4 is 21.9 Å². The van der Waals surface area contributed by atoms with Crippen molar-refractivity contribution in [2.75, 3.05) is 19.6 Å². The number of likely N-dealkylation sites (tertiary alicyclic amines) is 1. The third-order valence-electron chi connectivity index (χ3n) is 3.98. The molecule has 110 valence electrons. The van der Waals surface area contributed by atoms with Crippen molar-refractivity contribution in [2.45, 2.75) is 23.9 Å². The fourth-order valence-electron chi connectivity index (χ4n) is 3.14. The van der Waals surface area contributed by atoms with E-state index in [2.05, 4.69) is 15.9 Å². The second-order valence-corrected chi connectivity index (χ2v) is 6.21. The van der Waals surface area contributed by atoms with E-state index >= 15 is 0 Å². The number of nitrogens with one attached hydrogen (secondary N) is 1. The molecule has 0 aromatic rings. The van der Waals surface area contributed by atoms with Gasteiger partial charge in [-0.2, -0.15) is 0 Å². The molecule has 2 aliphatic rings. The van der Waals surface area contributed by atoms with Gasteiger partial charge in [-0.25, -0.2) is 0 Å². The minimum atomic E-state index is -1.63. The van der Waals surface area contributed by atoms with E-state index in [4.69, 9.17) is 0 Å². The van der Waals surface area contributed by atoms with Crippen molar-refractivity contribution in [3.8, 4) is 0 Å². The highest BCUT2D eigenvalue weighted by Gasteiger charge is 2.67. The van der Waals surface area contributed by atoms with Gasteiger partial charge in [0, 0.05) is 16.3 Å². The van der Waals surface area contributed by atoms with Crippen LogP contribution in [0.2, 0.25) is 0 Å². The molecule has 1 unspecified atom stereocenters. The maximum Gasteiger partial charge on any atom is 0.307 e. The van der Waals surface area contributed by atoms with E-state index in [1.54, 1.807) is 0 Å². The van der Waals surface area contributed by atoms with Gasteiger partial charge in [0.15, 0.2) is 6.54 Å². The first kappa shape index (κ1) is 14.9. The van der Waals surface area contributed by atoms with Gasteiger partial charge in [0.1, 0.15) is 19.5 Å². The fraction of sp³-hybridized carbons (Fsp3) is 0.700. The molecule has 1 aliphatic heterocycles. The van der Waals surface area contributed by atoms with Crippen molar-refractivity contribution < 1.29 is 24.6 Å². The lowest BCUT2D eigenvalue weighted by Crippen LogP contribution is -3.19. The van der Waals surface area contributed by atoms with Crippen LogP contribution in [0, 0.1) is 20.2 Å². The number of hydrogen-bond donors (Lipinski definition) is 1. The normalized spacial score (nSPS) is 36.0. The van der Waals surface area contributed by atoms with Crippen LogP contribution in [0.4, 0.5) is 0 Å². The van der Waals surface area contributed by atoms with Crippen molar-refractivity contribution in [3.05, 3.63) is 30.8 Å². The van der Waals surface area contributed by atoms with Gasteiger partial charge in [0.25, 0.3) is 5.54 Å². The van der Waals surface area contributed by atoms with Gasteiger partial charge in [-0.05, 0) is 15.9 Å². The van der Waals surface area contributed by atoms with Crippen LogP contribution in [0.5, 0.6) is 0 Å². The number of piperidine rings is 1. The summed E-state index contributed by atoms with van der Waals surface area (Å²) >= 11 is 3.12. The number of hydrogen-bond acceptors (Lipinski definition) is 6. The summed E-state index contributed by atoms with van der Waals surface area (Å²) in [5, 5.41) is 33.5. The van der Waals surface area contributed by atoms with Crippen LogP contribution in [0.1, 0.15) is 12.8 Å². The molecule has 0 saturated carbocycles. The molecule has 0 radical (unpaired) electrons. The smallest absolute Gasteiger partial charge is 0.307 e. The molecule has 0 amide bonds. The number of carboxylic acids is 1. The molecule has 20 heavy (non-hydrogen) atoms. The molecular formula is C10H12BrN3O6. The second kappa shape index (κ2) is 4.77. The van der Waals surface area contributed by atoms with Crippen LogP contribution < -0.4 is 10.0 Å². The molecule has 3 atom stereocenters. The number of fused-ring (bicyclic) bond motifs is 2. The number of rotatable bonds is 4. The molecule has 0 aromatic carbocycles. The Morgan fingerprint density at radius 2 is 2.00 bits per heavy atom. The van der Waals surface area contributed by atoms with Crippen molar-refractivity contribution in [1.29, 1.82) is 0 Å². The molecular weight excluding hydrogens is 338 g/mol. The Morgan fingerprint density at radius 3 is 2.50 bits per heavy atom. The summed E-state index contributed by atoms with van der Waals surface area (Å²) in [5.74, 6) is -1.38. The monoisotopic (exact) mass is 349 g/mol. The third kappa shape index (κ3) is 2.18. The highest BCUT2D eigenvalue weighted by molar-refractivity contribution is 9.11. The summed E-state index contributed by atoms with van der Waals surface area (Å²) < 4.78 is 0.281. The minimum absolute atomic E-state index is 0.0483. The van der Waals surface area contributed by atoms with Gasteiger partial charge >= 0.3 is 5.54 Å². The molecule has 1 saturated heterocycles. The number of quaternary nitrogens is 1. The van der Waals surface area contributed by atoms with Crippen LogP contribution in [-0.2, 0) is 4.79 Å². The first-order chi connectivity index (χ1) is 9.22. The van der Waals surface area contributed by atoms with E-state index < -0.39 is 33.4 Å². The SMILES string of the molecule is O=C([O-])C[NH+]1C[C@@]2([N+](=O)[O-])CC=C(Br)[C@@]([N+](=O)[O-])(C1)C2. The van der Waals surface area contributed by atoms with Gasteiger partial charge in [-0.15, -0.1) is 0 Å². The van der Waals surface area contributed by atoms with Crippen molar-refractivity contribution in [1.82, 2.24) is 0 Å². The van der Waals surface area contributed by atoms with E-state index in [-0.39, 0.29) is 35.3 Å². The zero-order valence-electron chi connectivity index (χ0n) is 10.3. The van der Waals surface area contributed by atoms with Gasteiger partial charge in [0.2, 0.25) is 0 Å². The van der Waals surface area contributed by atoms with Crippen molar-refractivity contribution in [2.24, 2.45) is 0 Å². The Balaban J connectivity index is 2.47. The summed E-state index contributed by atoms with van der Waals surface area (Å²) in [4.78, 5) is 32.7. The largest absolute Gasteiger partial charge is 0.544 e. The lowest BCUT2D eigenvalue weighted by Gasteiger charge is -2.42. The maximum atomic E-state index is 11.4. The molecule has 1 N–H and O–H groups in total. The van der Waals surface area contributed by atoms with Crippen LogP contribution in [0.3, 0.4) is 0 Å². The van der Waals surface area contributed by atoms with Crippen LogP contribution in [0.15, 0.2) is 10.6 Å². The van der Waals surface area contributed by atoms with E-state index in [0.717, 1.165) is 0 Å². The predicted molar refractivity (Wildman–Crippen MR) is 66.3 cm³/mol. The average Bonchev–Trinajstić information content (AvgIpc) is 2.33. The average molecular weight is 350 g/mol. The number of carbonyl (C=O) groups is 1. The molecule has 0 spiro atoms. The molecule has 0 aromatic heterocycles. The number of carboxylic acid groups (broad SMARTS) is 1. The zero-order valence-corrected chi connectivity index (χ0v) is 11.9. The lowest BCUT2D eigenvalue weighted by molar-refractivity contribution is -0.938. The molecule has 1 fully saturated rings. The molecule has 2 rings (SSSR count). The Labute approximate surface area is 121 Å². The predicted octanol–water partition coefficient (Wildman–Crippen LogP) is -2.26. The third-order valence-corrected chi connectivity index (χ3v) is 5.04. The van der Waals surface area contributed by atoms with Crippen LogP contribution in [-0.4, -0.2) is 46.5 Å². The van der Waals surface area contributed by atoms with E-state index in [9.17, 15) is 30.1 Å². The standard InChI is InChI=1S/C10H12BrN3O6/c11-7-1-2-9(13(17)18)4-10(7,14(19)20)6-12(5-9)3-8(15)16/h1H,2-6H2,(H,15,16)/t9-,10+/m1/s1. The molecule has 2 bridgehead atoms. The van der Waals surface area contributed by atoms with E-state index in [0.29, 0.717) is 0 Å². The molecule has 1 heterocycles. The number of nitrogens with zero attached hydrogens (tertiary/aromatic N) is 2. The second-order valence-electron chi connectivity index (χ2n) is 5.36. The topological polar surface area (TPSA) is 131 Å². The van der Waals surface area contributed by atoms with E-state index in [1.807, 2.05) is 0 Å². The Morgan fingerprint density at radius 1 is 1.35 bits per heavy atom. The lowest BCUT2D eigenvalue weighted by atomic mass is 9.72. The Kier molecular flexibility index (Phi) is 3.54. The summed E-state index contributed by atoms with van der Waals surface area (Å²) in [5.41, 5.74) is -3.12. The first-order valence-corrected chi connectivity index (χ1v) is 6.70. The summed E-state index contributed by atoms with van der Waals surface area (Å²) in [7, 11) is 0. The van der Waals surface area contributed by atoms with Crippen LogP contribution >= 0.6 is 15.9 Å². The first-order valence-electron chi connectivity index (χ1n) is 5.90. The number of carbonyl (C=O) groups excluding carboxylic acids is 1. The summed E-state index contributed by atoms with van der Waals surface area (Å²) in [6.45, 7) is -0.646. The van der Waals surface area contributed by atoms with Crippen molar-refractivity contribution in [3.63, 3.8) is 0 Å². The number of aliphatic carboxylic acids is 1. The maximum absolute atomic E-state index is 11.4. The zero-order chi connectivity index (χ0) is 15.1. The molecule has 9 nitrogen and oxygen atoms in total. The molecule has 10 heteroatoms. The minimum Gasteiger partial charge on any atom is -0.544 e. The van der Waals surface area contributed by atoms with Gasteiger partial charge in [-0.3, -0.25) is 20.2 Å². The Hall–Kier alpha value is -1.55. The summed E-state index contributed by atoms with van der Waals surface area (Å²) in [6, 6.07) is 0. The van der Waals surface area contributed by atoms with Crippen LogP contribution in [0.25, 0.3) is 0 Å². The van der Waals surface area contributed by atoms with Gasteiger partial charge in [0.05, 0.1) is 10.5 Å². The van der Waals surface area contributed by atoms with Gasteiger partial charge < -0.3 is 14.8 Å². The van der Waals surface area contributed by atoms with Gasteiger partial charge in [-0.1, -0.05) is 6.08 Å². The van der Waals surface area contributed by atoms with E-state index in [1.165, 1.54) is 6.08 Å². The quantitative estimate of drug-likeness (QED) is 0.450. The highest BCUT2D eigenvalue weighted by Crippen LogP contribution is 2.42. The fourth-order valence-corrected chi connectivity index (χ4v) is 3.73. The highest BCUT2D eigenvalue weighted by atomic mass is 79.9. The Bertz CT molecular complexity index is 523. The number of nitro groups is 2.